The van der Waals surface area contributed by atoms with E-state index in [9.17, 15) is 24.9 Å². The van der Waals surface area contributed by atoms with E-state index in [4.69, 9.17) is 27.9 Å². The van der Waals surface area contributed by atoms with Crippen molar-refractivity contribution < 1.29 is 29.6 Å². The highest BCUT2D eigenvalue weighted by Gasteiger charge is 2.76. The molecule has 1 spiro atoms. The Kier molecular flexibility index (Phi) is 5.63. The number of allylic oxidation sites excluding steroid dienone is 1. The molecule has 188 valence electrons. The predicted molar refractivity (Wildman–Crippen MR) is 131 cm³/mol. The zero-order valence-electron chi connectivity index (χ0n) is 20.1. The molecule has 1 unspecified atom stereocenters. The molecule has 0 aliphatic heterocycles. The normalized spacial score (nSPS) is 41.1. The van der Waals surface area contributed by atoms with Crippen LogP contribution in [-0.2, 0) is 9.53 Å². The van der Waals surface area contributed by atoms with Gasteiger partial charge in [0, 0.05) is 5.92 Å². The van der Waals surface area contributed by atoms with Crippen LogP contribution in [0.4, 0.5) is 0 Å². The van der Waals surface area contributed by atoms with E-state index in [1.807, 2.05) is 6.92 Å². The summed E-state index contributed by atoms with van der Waals surface area (Å²) in [5.41, 5.74) is -3.21. The van der Waals surface area contributed by atoms with E-state index in [0.29, 0.717) is 12.0 Å². The summed E-state index contributed by atoms with van der Waals surface area (Å²) in [4.78, 5) is 27.6. The molecule has 0 saturated heterocycles. The number of ketones is 1. The summed E-state index contributed by atoms with van der Waals surface area (Å²) in [7, 11) is 0. The highest BCUT2D eigenvalue weighted by atomic mass is 35.5. The van der Waals surface area contributed by atoms with Crippen molar-refractivity contribution in [1.29, 1.82) is 0 Å². The van der Waals surface area contributed by atoms with Crippen molar-refractivity contribution in [2.75, 3.05) is 6.61 Å². The van der Waals surface area contributed by atoms with Gasteiger partial charge in [-0.25, -0.2) is 4.79 Å². The van der Waals surface area contributed by atoms with Gasteiger partial charge < -0.3 is 20.1 Å². The fourth-order valence-electron chi connectivity index (χ4n) is 7.45. The van der Waals surface area contributed by atoms with E-state index in [1.165, 1.54) is 12.1 Å². The first-order chi connectivity index (χ1) is 16.3. The molecule has 3 N–H and O–H groups in total. The third-order valence-electron chi connectivity index (χ3n) is 9.29. The second-order valence-electron chi connectivity index (χ2n) is 11.2. The smallest absolute Gasteiger partial charge is 0.341 e. The summed E-state index contributed by atoms with van der Waals surface area (Å²) in [6, 6.07) is 4.59. The molecule has 1 aromatic carbocycles. The molecule has 6 nitrogen and oxygen atoms in total. The maximum atomic E-state index is 14.3. The molecule has 8 heteroatoms. The van der Waals surface area contributed by atoms with Gasteiger partial charge in [0.2, 0.25) is 0 Å². The van der Waals surface area contributed by atoms with E-state index in [1.54, 1.807) is 25.1 Å². The van der Waals surface area contributed by atoms with Gasteiger partial charge in [0.05, 0.1) is 27.6 Å². The van der Waals surface area contributed by atoms with Crippen molar-refractivity contribution in [3.63, 3.8) is 0 Å². The van der Waals surface area contributed by atoms with Gasteiger partial charge in [-0.15, -0.1) is 0 Å². The Morgan fingerprint density at radius 2 is 1.86 bits per heavy atom. The van der Waals surface area contributed by atoms with Crippen LogP contribution in [0, 0.1) is 34.5 Å². The molecule has 0 amide bonds. The zero-order valence-corrected chi connectivity index (χ0v) is 21.6. The number of esters is 1. The standard InChI is InChI=1S/C27H30Cl2O6/c1-12-10-26-13(2)8-16-20(25(16,3)4)15(22(26)32)9-14(11-30)21(31)27(26,34)23(12)35-24(33)19-17(28)6-5-7-18(19)29/h5-7,9-10,13,15-16,20-21,23,30-31,34H,8,11H2,1-4H3/t13-,15?,16-,20+,21-,23+,26+,27+/m1/s1. The first-order valence-electron chi connectivity index (χ1n) is 11.9. The topological polar surface area (TPSA) is 104 Å². The van der Waals surface area contributed by atoms with Crippen LogP contribution >= 0.6 is 23.2 Å². The Bertz CT molecular complexity index is 1170. The lowest BCUT2D eigenvalue weighted by atomic mass is 9.59. The largest absolute Gasteiger partial charge is 0.451 e. The molecule has 4 aliphatic rings. The highest BCUT2D eigenvalue weighted by Crippen LogP contribution is 2.71. The number of fused-ring (bicyclic) bond motifs is 3. The van der Waals surface area contributed by atoms with E-state index >= 15 is 0 Å². The summed E-state index contributed by atoms with van der Waals surface area (Å²) >= 11 is 12.4. The van der Waals surface area contributed by atoms with Crippen molar-refractivity contribution in [3.8, 4) is 0 Å². The first kappa shape index (κ1) is 25.0. The maximum absolute atomic E-state index is 14.3. The van der Waals surface area contributed by atoms with Crippen LogP contribution in [0.2, 0.25) is 10.0 Å². The van der Waals surface area contributed by atoms with Crippen molar-refractivity contribution in [1.82, 2.24) is 0 Å². The molecule has 0 aromatic heterocycles. The molecule has 0 radical (unpaired) electrons. The summed E-state index contributed by atoms with van der Waals surface area (Å²) in [6.45, 7) is 7.31. The van der Waals surface area contributed by atoms with Crippen LogP contribution in [0.5, 0.6) is 0 Å². The monoisotopic (exact) mass is 520 g/mol. The van der Waals surface area contributed by atoms with Gasteiger partial charge in [-0.2, -0.15) is 0 Å². The average Bonchev–Trinajstić information content (AvgIpc) is 3.27. The van der Waals surface area contributed by atoms with Crippen molar-refractivity contribution in [2.24, 2.45) is 34.5 Å². The number of hydrogen-bond donors (Lipinski definition) is 3. The predicted octanol–water partition coefficient (Wildman–Crippen LogP) is 3.99. The van der Waals surface area contributed by atoms with E-state index in [0.717, 1.165) is 0 Å². The number of carbonyl (C=O) groups is 2. The second kappa shape index (κ2) is 7.90. The van der Waals surface area contributed by atoms with Crippen LogP contribution in [0.25, 0.3) is 0 Å². The van der Waals surface area contributed by atoms with Crippen molar-refractivity contribution >= 4 is 35.0 Å². The lowest BCUT2D eigenvalue weighted by Crippen LogP contribution is -2.65. The van der Waals surface area contributed by atoms with E-state index in [-0.39, 0.29) is 50.1 Å². The van der Waals surface area contributed by atoms with Gasteiger partial charge in [-0.3, -0.25) is 4.79 Å². The average molecular weight is 521 g/mol. The molecule has 0 heterocycles. The number of carbonyl (C=O) groups excluding carboxylic acids is 2. The minimum atomic E-state index is -2.21. The molecule has 35 heavy (non-hydrogen) atoms. The molecule has 2 saturated carbocycles. The van der Waals surface area contributed by atoms with Crippen LogP contribution < -0.4 is 0 Å². The van der Waals surface area contributed by atoms with Crippen LogP contribution in [-0.4, -0.2) is 51.5 Å². The number of halogens is 2. The zero-order chi connectivity index (χ0) is 25.7. The van der Waals surface area contributed by atoms with Crippen LogP contribution in [0.15, 0.2) is 41.5 Å². The number of ether oxygens (including phenoxy) is 1. The van der Waals surface area contributed by atoms with Gasteiger partial charge in [0.25, 0.3) is 0 Å². The number of Topliss-reactive ketones (excluding diaryl/α,β-unsaturated/α-hetero) is 1. The minimum Gasteiger partial charge on any atom is -0.451 e. The molecule has 5 rings (SSSR count). The van der Waals surface area contributed by atoms with Gasteiger partial charge in [0.15, 0.2) is 17.5 Å². The molecular formula is C27H30Cl2O6. The van der Waals surface area contributed by atoms with Crippen LogP contribution in [0.1, 0.15) is 44.5 Å². The van der Waals surface area contributed by atoms with Crippen LogP contribution in [0.3, 0.4) is 0 Å². The van der Waals surface area contributed by atoms with Crippen molar-refractivity contribution in [3.05, 3.63) is 57.1 Å². The number of benzene rings is 1. The summed E-state index contributed by atoms with van der Waals surface area (Å²) in [6.07, 6.45) is 1.03. The van der Waals surface area contributed by atoms with Crippen molar-refractivity contribution in [2.45, 2.75) is 51.9 Å². The van der Waals surface area contributed by atoms with E-state index in [2.05, 4.69) is 13.8 Å². The third kappa shape index (κ3) is 3.07. The number of aliphatic hydroxyl groups excluding tert-OH is 2. The fraction of sp³-hybridized carbons (Fsp3) is 0.556. The fourth-order valence-corrected chi connectivity index (χ4v) is 8.00. The molecule has 4 aliphatic carbocycles. The van der Waals surface area contributed by atoms with Gasteiger partial charge >= 0.3 is 5.97 Å². The highest BCUT2D eigenvalue weighted by molar-refractivity contribution is 6.39. The lowest BCUT2D eigenvalue weighted by molar-refractivity contribution is -0.190. The van der Waals surface area contributed by atoms with Gasteiger partial charge in [0.1, 0.15) is 6.10 Å². The number of aliphatic hydroxyl groups is 3. The Morgan fingerprint density at radius 1 is 1.23 bits per heavy atom. The molecule has 2 fully saturated rings. The summed E-state index contributed by atoms with van der Waals surface area (Å²) < 4.78 is 5.82. The summed E-state index contributed by atoms with van der Waals surface area (Å²) in [5, 5.41) is 34.3. The maximum Gasteiger partial charge on any atom is 0.341 e. The Morgan fingerprint density at radius 3 is 2.46 bits per heavy atom. The minimum absolute atomic E-state index is 0.0464. The Hall–Kier alpha value is -1.70. The lowest BCUT2D eigenvalue weighted by Gasteiger charge is -2.48. The Labute approximate surface area is 214 Å². The van der Waals surface area contributed by atoms with Gasteiger partial charge in [-0.1, -0.05) is 62.2 Å². The van der Waals surface area contributed by atoms with E-state index < -0.39 is 41.7 Å². The molecular weight excluding hydrogens is 491 g/mol. The van der Waals surface area contributed by atoms with Gasteiger partial charge in [-0.05, 0) is 59.8 Å². The number of hydrogen-bond acceptors (Lipinski definition) is 6. The second-order valence-corrected chi connectivity index (χ2v) is 12.1. The number of rotatable bonds is 3. The first-order valence-corrected chi connectivity index (χ1v) is 12.7. The SMILES string of the molecule is CC1=C[C@]23C(=O)C(C=C(CO)[C@@H](O)[C@]2(O)[C@H]1OC(=O)c1c(Cl)cccc1Cl)[C@H]1[C@@H](C[C@H]3C)C1(C)C. The quantitative estimate of drug-likeness (QED) is 0.411. The molecule has 8 atom stereocenters. The third-order valence-corrected chi connectivity index (χ3v) is 9.92. The Balaban J connectivity index is 1.65. The molecule has 2 bridgehead atoms. The summed E-state index contributed by atoms with van der Waals surface area (Å²) in [5.74, 6) is -1.68. The molecule has 1 aromatic rings.